The van der Waals surface area contributed by atoms with Crippen molar-refractivity contribution in [3.05, 3.63) is 19.6 Å². The second-order valence-corrected chi connectivity index (χ2v) is 1.61. The SMILES string of the molecule is C1CCOC1.C=C[CH2-].[Br-].[Mg+2]. The molecule has 0 N–H and O–H groups in total. The Morgan fingerprint density at radius 1 is 1.30 bits per heavy atom. The molecule has 1 rings (SSSR count). The minimum absolute atomic E-state index is 0. The maximum atomic E-state index is 4.94. The first-order valence-corrected chi connectivity index (χ1v) is 2.89. The van der Waals surface area contributed by atoms with Crippen LogP contribution < -0.4 is 17.0 Å². The van der Waals surface area contributed by atoms with Crippen molar-refractivity contribution in [3.63, 3.8) is 0 Å². The third kappa shape index (κ3) is 15.9. The van der Waals surface area contributed by atoms with Gasteiger partial charge >= 0.3 is 23.1 Å². The molecule has 0 radical (unpaired) electrons. The van der Waals surface area contributed by atoms with Crippen LogP contribution in [-0.2, 0) is 4.74 Å². The third-order valence-corrected chi connectivity index (χ3v) is 0.827. The second kappa shape index (κ2) is 16.4. The molecule has 1 saturated heterocycles. The molecule has 0 spiro atoms. The summed E-state index contributed by atoms with van der Waals surface area (Å²) in [6.07, 6.45) is 4.06. The van der Waals surface area contributed by atoms with Crippen LogP contribution in [0, 0.1) is 6.92 Å². The van der Waals surface area contributed by atoms with Crippen LogP contribution in [0.3, 0.4) is 0 Å². The summed E-state index contributed by atoms with van der Waals surface area (Å²) >= 11 is 0. The van der Waals surface area contributed by atoms with Crippen molar-refractivity contribution >= 4 is 23.1 Å². The fourth-order valence-electron chi connectivity index (χ4n) is 0.510. The molecule has 10 heavy (non-hydrogen) atoms. The van der Waals surface area contributed by atoms with Gasteiger partial charge in [-0.1, -0.05) is 0 Å². The van der Waals surface area contributed by atoms with Gasteiger partial charge in [-0.25, -0.2) is 19.6 Å². The Bertz CT molecular complexity index is 48.0. The van der Waals surface area contributed by atoms with E-state index in [1.165, 1.54) is 18.9 Å². The van der Waals surface area contributed by atoms with Crippen molar-refractivity contribution in [3.8, 4) is 0 Å². The summed E-state index contributed by atoms with van der Waals surface area (Å²) in [7, 11) is 0. The van der Waals surface area contributed by atoms with Gasteiger partial charge in [0, 0.05) is 13.2 Å². The fraction of sp³-hybridized carbons (Fsp3) is 0.571. The summed E-state index contributed by atoms with van der Waals surface area (Å²) in [5.74, 6) is 0. The predicted molar refractivity (Wildman–Crippen MR) is 41.4 cm³/mol. The summed E-state index contributed by atoms with van der Waals surface area (Å²) in [5.41, 5.74) is 0. The molecule has 1 aliphatic rings. The molecular weight excluding hydrogens is 204 g/mol. The molecule has 0 atom stereocenters. The largest absolute Gasteiger partial charge is 2.00 e. The van der Waals surface area contributed by atoms with Gasteiger partial charge in [-0.3, -0.25) is 0 Å². The Morgan fingerprint density at radius 3 is 1.70 bits per heavy atom. The predicted octanol–water partition coefficient (Wildman–Crippen LogP) is -1.57. The Balaban J connectivity index is -0.0000000900. The summed E-state index contributed by atoms with van der Waals surface area (Å²) in [6.45, 7) is 8.50. The molecule has 0 aromatic heterocycles. The van der Waals surface area contributed by atoms with Crippen molar-refractivity contribution in [1.29, 1.82) is 0 Å². The average molecular weight is 217 g/mol. The van der Waals surface area contributed by atoms with Crippen LogP contribution in [0.4, 0.5) is 0 Å². The van der Waals surface area contributed by atoms with Gasteiger partial charge < -0.3 is 21.7 Å². The summed E-state index contributed by atoms with van der Waals surface area (Å²) in [6, 6.07) is 0. The molecule has 1 nitrogen and oxygen atoms in total. The molecule has 0 unspecified atom stereocenters. The van der Waals surface area contributed by atoms with Crippen molar-refractivity contribution < 1.29 is 21.7 Å². The first kappa shape index (κ1) is 17.1. The van der Waals surface area contributed by atoms with Crippen LogP contribution in [-0.4, -0.2) is 36.3 Å². The number of halogens is 1. The molecule has 56 valence electrons. The van der Waals surface area contributed by atoms with E-state index in [0.29, 0.717) is 0 Å². The fourth-order valence-corrected chi connectivity index (χ4v) is 0.510. The monoisotopic (exact) mass is 216 g/mol. The molecule has 0 aliphatic carbocycles. The number of hydrogen-bond acceptors (Lipinski definition) is 1. The Labute approximate surface area is 90.1 Å². The van der Waals surface area contributed by atoms with Gasteiger partial charge in [0.1, 0.15) is 0 Å². The van der Waals surface area contributed by atoms with E-state index in [4.69, 9.17) is 4.74 Å². The average Bonchev–Trinajstić information content (AvgIpc) is 2.17. The zero-order valence-corrected chi connectivity index (χ0v) is 9.31. The molecule has 0 aromatic rings. The van der Waals surface area contributed by atoms with Gasteiger partial charge in [-0.05, 0) is 12.8 Å². The summed E-state index contributed by atoms with van der Waals surface area (Å²) in [5, 5.41) is 0. The van der Waals surface area contributed by atoms with Gasteiger partial charge in [0.05, 0.1) is 0 Å². The molecule has 0 aromatic carbocycles. The number of rotatable bonds is 0. The minimum atomic E-state index is 0. The number of allylic oxidation sites excluding steroid dienone is 1. The van der Waals surface area contributed by atoms with Crippen molar-refractivity contribution in [2.45, 2.75) is 12.8 Å². The molecule has 3 heteroatoms. The van der Waals surface area contributed by atoms with Gasteiger partial charge in [-0.2, -0.15) is 0 Å². The maximum Gasteiger partial charge on any atom is 2.00 e. The van der Waals surface area contributed by atoms with Gasteiger partial charge in [0.25, 0.3) is 0 Å². The van der Waals surface area contributed by atoms with E-state index in [0.717, 1.165) is 13.2 Å². The van der Waals surface area contributed by atoms with Crippen LogP contribution >= 0.6 is 0 Å². The van der Waals surface area contributed by atoms with Crippen LogP contribution in [0.5, 0.6) is 0 Å². The number of hydrogen-bond donors (Lipinski definition) is 0. The second-order valence-electron chi connectivity index (χ2n) is 1.61. The first-order valence-electron chi connectivity index (χ1n) is 2.89. The van der Waals surface area contributed by atoms with Crippen LogP contribution in [0.2, 0.25) is 0 Å². The van der Waals surface area contributed by atoms with Crippen LogP contribution in [0.15, 0.2) is 12.7 Å². The van der Waals surface area contributed by atoms with E-state index in [-0.39, 0.29) is 40.0 Å². The van der Waals surface area contributed by atoms with E-state index >= 15 is 0 Å². The maximum absolute atomic E-state index is 4.94. The van der Waals surface area contributed by atoms with E-state index in [2.05, 4.69) is 13.5 Å². The summed E-state index contributed by atoms with van der Waals surface area (Å²) < 4.78 is 4.94. The molecule has 0 bridgehead atoms. The van der Waals surface area contributed by atoms with Gasteiger partial charge in [0.2, 0.25) is 0 Å². The molecule has 1 heterocycles. The smallest absolute Gasteiger partial charge is 1.00 e. The van der Waals surface area contributed by atoms with Crippen molar-refractivity contribution in [2.24, 2.45) is 0 Å². The molecule has 0 saturated carbocycles. The number of ether oxygens (including phenoxy) is 1. The van der Waals surface area contributed by atoms with Crippen LogP contribution in [0.1, 0.15) is 12.8 Å². The summed E-state index contributed by atoms with van der Waals surface area (Å²) in [4.78, 5) is 0. The molecular formula is C7H13BrMgO. The first-order chi connectivity index (χ1) is 3.91. The molecule has 1 fully saturated rings. The van der Waals surface area contributed by atoms with Gasteiger partial charge in [0.15, 0.2) is 0 Å². The molecule has 1 aliphatic heterocycles. The van der Waals surface area contributed by atoms with E-state index in [1.807, 2.05) is 0 Å². The third-order valence-electron chi connectivity index (χ3n) is 0.827. The topological polar surface area (TPSA) is 9.23 Å². The van der Waals surface area contributed by atoms with E-state index in [1.54, 1.807) is 0 Å². The van der Waals surface area contributed by atoms with Gasteiger partial charge in [-0.15, -0.1) is 0 Å². The van der Waals surface area contributed by atoms with E-state index in [9.17, 15) is 0 Å². The Morgan fingerprint density at radius 2 is 1.60 bits per heavy atom. The van der Waals surface area contributed by atoms with Crippen LogP contribution in [0.25, 0.3) is 0 Å². The Kier molecular flexibility index (Phi) is 28.0. The Hall–Kier alpha value is 0.816. The zero-order valence-electron chi connectivity index (χ0n) is 6.31. The van der Waals surface area contributed by atoms with Crippen molar-refractivity contribution in [2.75, 3.05) is 13.2 Å². The zero-order chi connectivity index (χ0) is 6.24. The normalized spacial score (nSPS) is 13.2. The van der Waals surface area contributed by atoms with E-state index < -0.39 is 0 Å². The quantitative estimate of drug-likeness (QED) is 0.352. The molecule has 0 amide bonds. The van der Waals surface area contributed by atoms with Crippen molar-refractivity contribution in [1.82, 2.24) is 0 Å². The standard InChI is InChI=1S/C4H8O.C3H5.BrH.Mg/c1-2-4-5-3-1;1-3-2;;/h1-4H2;3H,1-2H2;1H;/q;-1;;+2/p-1. The minimum Gasteiger partial charge on any atom is -1.00 e.